The fourth-order valence-corrected chi connectivity index (χ4v) is 1.81. The molecule has 1 aromatic rings. The molecular formula is C11H14O2. The molecule has 2 heteroatoms. The highest BCUT2D eigenvalue weighted by atomic mass is 16.5. The molecule has 0 aliphatic carbocycles. The summed E-state index contributed by atoms with van der Waals surface area (Å²) in [4.78, 5) is 0. The second kappa shape index (κ2) is 3.04. The van der Waals surface area contributed by atoms with Gasteiger partial charge in [-0.05, 0) is 12.5 Å². The van der Waals surface area contributed by atoms with E-state index < -0.39 is 5.60 Å². The van der Waals surface area contributed by atoms with Gasteiger partial charge in [0, 0.05) is 12.0 Å². The summed E-state index contributed by atoms with van der Waals surface area (Å²) in [7, 11) is 0. The second-order valence-electron chi connectivity index (χ2n) is 3.48. The lowest BCUT2D eigenvalue weighted by Gasteiger charge is -2.33. The monoisotopic (exact) mass is 178 g/mol. The Balaban J connectivity index is 2.48. The van der Waals surface area contributed by atoms with Crippen molar-refractivity contribution in [2.24, 2.45) is 0 Å². The van der Waals surface area contributed by atoms with Crippen LogP contribution in [0, 0.1) is 0 Å². The lowest BCUT2D eigenvalue weighted by Crippen LogP contribution is -2.31. The van der Waals surface area contributed by atoms with E-state index in [9.17, 15) is 5.11 Å². The highest BCUT2D eigenvalue weighted by molar-refractivity contribution is 5.39. The number of fused-ring (bicyclic) bond motifs is 1. The number of aliphatic hydroxyl groups is 1. The summed E-state index contributed by atoms with van der Waals surface area (Å²) in [6, 6.07) is 7.72. The van der Waals surface area contributed by atoms with Crippen LogP contribution in [0.5, 0.6) is 5.75 Å². The Morgan fingerprint density at radius 1 is 1.46 bits per heavy atom. The summed E-state index contributed by atoms with van der Waals surface area (Å²) in [6.07, 6.45) is 1.44. The SMILES string of the molecule is CC[C@@]1(O)CCOc2ccccc21. The summed E-state index contributed by atoms with van der Waals surface area (Å²) in [5.74, 6) is 0.832. The van der Waals surface area contributed by atoms with Crippen molar-refractivity contribution < 1.29 is 9.84 Å². The van der Waals surface area contributed by atoms with Gasteiger partial charge >= 0.3 is 0 Å². The molecule has 0 fully saturated rings. The molecule has 1 aromatic carbocycles. The molecule has 1 aliphatic rings. The van der Waals surface area contributed by atoms with Crippen LogP contribution in [0.3, 0.4) is 0 Å². The molecule has 70 valence electrons. The van der Waals surface area contributed by atoms with E-state index in [2.05, 4.69) is 0 Å². The Labute approximate surface area is 78.2 Å². The normalized spacial score (nSPS) is 26.3. The smallest absolute Gasteiger partial charge is 0.125 e. The highest BCUT2D eigenvalue weighted by Crippen LogP contribution is 2.38. The summed E-state index contributed by atoms with van der Waals surface area (Å²) in [5, 5.41) is 10.3. The minimum Gasteiger partial charge on any atom is -0.493 e. The summed E-state index contributed by atoms with van der Waals surface area (Å²) >= 11 is 0. The number of ether oxygens (including phenoxy) is 1. The molecule has 0 amide bonds. The molecule has 1 atom stereocenters. The van der Waals surface area contributed by atoms with E-state index >= 15 is 0 Å². The molecule has 0 unspecified atom stereocenters. The first-order valence-corrected chi connectivity index (χ1v) is 4.71. The van der Waals surface area contributed by atoms with Crippen LogP contribution < -0.4 is 4.74 Å². The fourth-order valence-electron chi connectivity index (χ4n) is 1.81. The highest BCUT2D eigenvalue weighted by Gasteiger charge is 2.33. The van der Waals surface area contributed by atoms with Crippen molar-refractivity contribution in [1.29, 1.82) is 0 Å². The molecular weight excluding hydrogens is 164 g/mol. The molecule has 0 saturated heterocycles. The number of para-hydroxylation sites is 1. The summed E-state index contributed by atoms with van der Waals surface area (Å²) in [6.45, 7) is 2.61. The van der Waals surface area contributed by atoms with E-state index in [1.807, 2.05) is 31.2 Å². The largest absolute Gasteiger partial charge is 0.493 e. The molecule has 2 nitrogen and oxygen atoms in total. The molecule has 0 bridgehead atoms. The predicted octanol–water partition coefficient (Wildman–Crippen LogP) is 2.07. The molecule has 0 spiro atoms. The predicted molar refractivity (Wildman–Crippen MR) is 50.7 cm³/mol. The molecule has 2 rings (SSSR count). The lowest BCUT2D eigenvalue weighted by molar-refractivity contribution is -0.00636. The minimum absolute atomic E-state index is 0.612. The van der Waals surface area contributed by atoms with E-state index in [-0.39, 0.29) is 0 Å². The van der Waals surface area contributed by atoms with Gasteiger partial charge in [0.25, 0.3) is 0 Å². The Kier molecular flexibility index (Phi) is 2.00. The van der Waals surface area contributed by atoms with Crippen molar-refractivity contribution in [2.75, 3.05) is 6.61 Å². The van der Waals surface area contributed by atoms with Crippen molar-refractivity contribution in [1.82, 2.24) is 0 Å². The maximum absolute atomic E-state index is 10.3. The number of benzene rings is 1. The van der Waals surface area contributed by atoms with Gasteiger partial charge in [0.15, 0.2) is 0 Å². The van der Waals surface area contributed by atoms with Crippen LogP contribution in [-0.2, 0) is 5.60 Å². The molecule has 1 aliphatic heterocycles. The van der Waals surface area contributed by atoms with Crippen LogP contribution in [0.1, 0.15) is 25.3 Å². The molecule has 0 radical (unpaired) electrons. The number of hydrogen-bond acceptors (Lipinski definition) is 2. The zero-order valence-electron chi connectivity index (χ0n) is 7.79. The van der Waals surface area contributed by atoms with Crippen LogP contribution >= 0.6 is 0 Å². The van der Waals surface area contributed by atoms with Crippen LogP contribution in [0.25, 0.3) is 0 Å². The quantitative estimate of drug-likeness (QED) is 0.713. The molecule has 0 saturated carbocycles. The van der Waals surface area contributed by atoms with Crippen molar-refractivity contribution in [2.45, 2.75) is 25.4 Å². The Morgan fingerprint density at radius 2 is 2.23 bits per heavy atom. The van der Waals surface area contributed by atoms with Gasteiger partial charge in [0.05, 0.1) is 12.2 Å². The zero-order chi connectivity index (χ0) is 9.31. The van der Waals surface area contributed by atoms with Gasteiger partial charge in [-0.1, -0.05) is 25.1 Å². The first kappa shape index (κ1) is 8.57. The van der Waals surface area contributed by atoms with Crippen LogP contribution in [0.15, 0.2) is 24.3 Å². The van der Waals surface area contributed by atoms with Gasteiger partial charge in [0.2, 0.25) is 0 Å². The summed E-state index contributed by atoms with van der Waals surface area (Å²) < 4.78 is 5.46. The van der Waals surface area contributed by atoms with Crippen molar-refractivity contribution in [3.8, 4) is 5.75 Å². The third-order valence-corrected chi connectivity index (χ3v) is 2.75. The lowest BCUT2D eigenvalue weighted by atomic mass is 9.86. The van der Waals surface area contributed by atoms with E-state index in [4.69, 9.17) is 4.74 Å². The topological polar surface area (TPSA) is 29.5 Å². The van der Waals surface area contributed by atoms with Crippen LogP contribution in [0.4, 0.5) is 0 Å². The van der Waals surface area contributed by atoms with Crippen molar-refractivity contribution >= 4 is 0 Å². The van der Waals surface area contributed by atoms with Crippen molar-refractivity contribution in [3.05, 3.63) is 29.8 Å². The number of rotatable bonds is 1. The van der Waals surface area contributed by atoms with E-state index in [0.717, 1.165) is 17.7 Å². The fraction of sp³-hybridized carbons (Fsp3) is 0.455. The second-order valence-corrected chi connectivity index (χ2v) is 3.48. The van der Waals surface area contributed by atoms with Gasteiger partial charge in [-0.3, -0.25) is 0 Å². The zero-order valence-corrected chi connectivity index (χ0v) is 7.79. The molecule has 1 N–H and O–H groups in total. The Hall–Kier alpha value is -1.02. The van der Waals surface area contributed by atoms with Gasteiger partial charge in [-0.15, -0.1) is 0 Å². The van der Waals surface area contributed by atoms with E-state index in [1.165, 1.54) is 0 Å². The maximum atomic E-state index is 10.3. The van der Waals surface area contributed by atoms with Gasteiger partial charge in [0.1, 0.15) is 5.75 Å². The maximum Gasteiger partial charge on any atom is 0.125 e. The van der Waals surface area contributed by atoms with Crippen molar-refractivity contribution in [3.63, 3.8) is 0 Å². The standard InChI is InChI=1S/C11H14O2/c1-2-11(12)7-8-13-10-6-4-3-5-9(10)11/h3-6,12H,2,7-8H2,1H3/t11-/m1/s1. The Morgan fingerprint density at radius 3 is 3.00 bits per heavy atom. The van der Waals surface area contributed by atoms with Gasteiger partial charge in [-0.2, -0.15) is 0 Å². The third-order valence-electron chi connectivity index (χ3n) is 2.75. The van der Waals surface area contributed by atoms with E-state index in [1.54, 1.807) is 0 Å². The average Bonchev–Trinajstić information content (AvgIpc) is 2.19. The molecule has 1 heterocycles. The van der Waals surface area contributed by atoms with Crippen LogP contribution in [0.2, 0.25) is 0 Å². The Bertz CT molecular complexity index is 309. The molecule has 0 aromatic heterocycles. The van der Waals surface area contributed by atoms with Crippen LogP contribution in [-0.4, -0.2) is 11.7 Å². The summed E-state index contributed by atoms with van der Waals surface area (Å²) in [5.41, 5.74) is 0.262. The number of hydrogen-bond donors (Lipinski definition) is 1. The third kappa shape index (κ3) is 1.31. The van der Waals surface area contributed by atoms with Gasteiger partial charge < -0.3 is 9.84 Å². The minimum atomic E-state index is -0.672. The average molecular weight is 178 g/mol. The van der Waals surface area contributed by atoms with E-state index in [0.29, 0.717) is 13.0 Å². The first-order valence-electron chi connectivity index (χ1n) is 4.71. The first-order chi connectivity index (χ1) is 6.26. The molecule has 13 heavy (non-hydrogen) atoms. The van der Waals surface area contributed by atoms with Gasteiger partial charge in [-0.25, -0.2) is 0 Å².